The minimum absolute atomic E-state index is 0.0532. The Hall–Kier alpha value is -2.04. The lowest BCUT2D eigenvalue weighted by molar-refractivity contribution is 0.0694. The number of amides is 1. The zero-order valence-electron chi connectivity index (χ0n) is 6.56. The SMILES string of the molecule is NC(=O)Oc1ccccc1C(=O)O. The second kappa shape index (κ2) is 3.57. The molecule has 1 amide bonds. The fourth-order valence-electron chi connectivity index (χ4n) is 0.841. The molecule has 0 aliphatic carbocycles. The van der Waals surface area contributed by atoms with Crippen LogP contribution in [0.4, 0.5) is 4.79 Å². The van der Waals surface area contributed by atoms with E-state index in [1.165, 1.54) is 18.2 Å². The minimum atomic E-state index is -1.17. The molecular weight excluding hydrogens is 174 g/mol. The molecule has 1 aromatic rings. The second-order valence-corrected chi connectivity index (χ2v) is 2.22. The molecule has 0 bridgehead atoms. The molecule has 1 aromatic carbocycles. The monoisotopic (exact) mass is 181 g/mol. The highest BCUT2D eigenvalue weighted by molar-refractivity contribution is 5.91. The molecule has 0 fully saturated rings. The predicted octanol–water partition coefficient (Wildman–Crippen LogP) is 0.842. The van der Waals surface area contributed by atoms with Crippen LogP contribution in [0.15, 0.2) is 24.3 Å². The molecule has 5 nitrogen and oxygen atoms in total. The number of nitrogens with two attached hydrogens (primary N) is 1. The van der Waals surface area contributed by atoms with Gasteiger partial charge in [0.25, 0.3) is 0 Å². The van der Waals surface area contributed by atoms with Crippen molar-refractivity contribution in [3.8, 4) is 5.75 Å². The van der Waals surface area contributed by atoms with Gasteiger partial charge in [-0.25, -0.2) is 9.59 Å². The van der Waals surface area contributed by atoms with Crippen LogP contribution >= 0.6 is 0 Å². The summed E-state index contributed by atoms with van der Waals surface area (Å²) in [7, 11) is 0. The first kappa shape index (κ1) is 9.05. The molecular formula is C8H7NO4. The van der Waals surface area contributed by atoms with Gasteiger partial charge in [-0.15, -0.1) is 0 Å². The number of carboxylic acid groups (broad SMARTS) is 1. The van der Waals surface area contributed by atoms with Crippen LogP contribution in [0.2, 0.25) is 0 Å². The van der Waals surface area contributed by atoms with Gasteiger partial charge in [-0.05, 0) is 12.1 Å². The quantitative estimate of drug-likeness (QED) is 0.707. The molecule has 0 spiro atoms. The lowest BCUT2D eigenvalue weighted by Crippen LogP contribution is -2.17. The fourth-order valence-corrected chi connectivity index (χ4v) is 0.841. The van der Waals surface area contributed by atoms with Crippen LogP contribution in [-0.4, -0.2) is 17.2 Å². The first-order chi connectivity index (χ1) is 6.11. The number of benzene rings is 1. The van der Waals surface area contributed by atoms with E-state index in [4.69, 9.17) is 10.8 Å². The molecule has 0 radical (unpaired) electrons. The van der Waals surface area contributed by atoms with Crippen LogP contribution in [0.1, 0.15) is 10.4 Å². The predicted molar refractivity (Wildman–Crippen MR) is 43.6 cm³/mol. The average molecular weight is 181 g/mol. The van der Waals surface area contributed by atoms with Gasteiger partial charge >= 0.3 is 12.1 Å². The smallest absolute Gasteiger partial charge is 0.409 e. The summed E-state index contributed by atoms with van der Waals surface area (Å²) >= 11 is 0. The Labute approximate surface area is 73.7 Å². The van der Waals surface area contributed by atoms with Crippen LogP contribution in [0, 0.1) is 0 Å². The van der Waals surface area contributed by atoms with Crippen LogP contribution in [0.25, 0.3) is 0 Å². The Bertz CT molecular complexity index is 348. The summed E-state index contributed by atoms with van der Waals surface area (Å²) in [6.45, 7) is 0. The van der Waals surface area contributed by atoms with E-state index in [1.807, 2.05) is 0 Å². The van der Waals surface area contributed by atoms with Crippen molar-refractivity contribution in [2.75, 3.05) is 0 Å². The topological polar surface area (TPSA) is 89.6 Å². The van der Waals surface area contributed by atoms with E-state index in [9.17, 15) is 9.59 Å². The highest BCUT2D eigenvalue weighted by Gasteiger charge is 2.11. The van der Waals surface area contributed by atoms with Crippen molar-refractivity contribution in [3.05, 3.63) is 29.8 Å². The largest absolute Gasteiger partial charge is 0.478 e. The second-order valence-electron chi connectivity index (χ2n) is 2.22. The van der Waals surface area contributed by atoms with Gasteiger partial charge in [0.1, 0.15) is 11.3 Å². The summed E-state index contributed by atoms with van der Waals surface area (Å²) in [6, 6.07) is 5.75. The standard InChI is InChI=1S/C8H7NO4/c9-8(12)13-6-4-2-1-3-5(6)7(10)11/h1-4H,(H2,9,12)(H,10,11). The maximum atomic E-state index is 10.6. The van der Waals surface area contributed by atoms with Crippen molar-refractivity contribution < 1.29 is 19.4 Å². The van der Waals surface area contributed by atoms with Gasteiger partial charge in [-0.1, -0.05) is 12.1 Å². The molecule has 5 heteroatoms. The van der Waals surface area contributed by atoms with E-state index in [-0.39, 0.29) is 11.3 Å². The number of carboxylic acids is 1. The van der Waals surface area contributed by atoms with Gasteiger partial charge in [0.15, 0.2) is 0 Å². The van der Waals surface area contributed by atoms with Gasteiger partial charge < -0.3 is 15.6 Å². The fraction of sp³-hybridized carbons (Fsp3) is 0. The molecule has 68 valence electrons. The normalized spacial score (nSPS) is 9.23. The highest BCUT2D eigenvalue weighted by Crippen LogP contribution is 2.17. The Morgan fingerprint density at radius 1 is 1.31 bits per heavy atom. The molecule has 0 aliphatic rings. The maximum Gasteiger partial charge on any atom is 0.409 e. The number of carbonyl (C=O) groups is 2. The highest BCUT2D eigenvalue weighted by atomic mass is 16.5. The summed E-state index contributed by atoms with van der Waals surface area (Å²) in [6.07, 6.45) is -1.03. The molecule has 3 N–H and O–H groups in total. The summed E-state index contributed by atoms with van der Waals surface area (Å²) in [5.74, 6) is -1.22. The van der Waals surface area contributed by atoms with Crippen LogP contribution in [0.5, 0.6) is 5.75 Å². The van der Waals surface area contributed by atoms with Gasteiger partial charge in [0.05, 0.1) is 0 Å². The molecule has 0 atom stereocenters. The number of aromatic carboxylic acids is 1. The van der Waals surface area contributed by atoms with Crippen molar-refractivity contribution in [2.24, 2.45) is 5.73 Å². The number of hydrogen-bond acceptors (Lipinski definition) is 3. The Balaban J connectivity index is 3.04. The van der Waals surface area contributed by atoms with E-state index in [1.54, 1.807) is 6.07 Å². The number of ether oxygens (including phenoxy) is 1. The zero-order chi connectivity index (χ0) is 9.84. The van der Waals surface area contributed by atoms with Gasteiger partial charge in [0, 0.05) is 0 Å². The van der Waals surface area contributed by atoms with Gasteiger partial charge in [-0.3, -0.25) is 0 Å². The minimum Gasteiger partial charge on any atom is -0.478 e. The molecule has 0 heterocycles. The number of para-hydroxylation sites is 1. The lowest BCUT2D eigenvalue weighted by Gasteiger charge is -2.03. The molecule has 1 rings (SSSR count). The molecule has 13 heavy (non-hydrogen) atoms. The number of rotatable bonds is 2. The molecule has 0 saturated carbocycles. The first-order valence-corrected chi connectivity index (χ1v) is 3.41. The van der Waals surface area contributed by atoms with Crippen LogP contribution in [0.3, 0.4) is 0 Å². The maximum absolute atomic E-state index is 10.6. The third kappa shape index (κ3) is 2.19. The summed E-state index contributed by atoms with van der Waals surface area (Å²) in [5, 5.41) is 8.65. The van der Waals surface area contributed by atoms with Gasteiger partial charge in [0.2, 0.25) is 0 Å². The Morgan fingerprint density at radius 2 is 1.92 bits per heavy atom. The van der Waals surface area contributed by atoms with Crippen molar-refractivity contribution in [2.45, 2.75) is 0 Å². The average Bonchev–Trinajstić information content (AvgIpc) is 2.03. The number of hydrogen-bond donors (Lipinski definition) is 2. The van der Waals surface area contributed by atoms with Crippen LogP contribution in [-0.2, 0) is 0 Å². The van der Waals surface area contributed by atoms with Crippen molar-refractivity contribution in [1.29, 1.82) is 0 Å². The molecule has 0 aliphatic heterocycles. The molecule has 0 aromatic heterocycles. The summed E-state index contributed by atoms with van der Waals surface area (Å²) < 4.78 is 4.46. The molecule has 0 unspecified atom stereocenters. The van der Waals surface area contributed by atoms with Crippen LogP contribution < -0.4 is 10.5 Å². The number of primary amides is 1. The third-order valence-corrected chi connectivity index (χ3v) is 1.33. The van der Waals surface area contributed by atoms with E-state index >= 15 is 0 Å². The van der Waals surface area contributed by atoms with E-state index in [0.717, 1.165) is 0 Å². The first-order valence-electron chi connectivity index (χ1n) is 3.41. The van der Waals surface area contributed by atoms with Gasteiger partial charge in [-0.2, -0.15) is 0 Å². The zero-order valence-corrected chi connectivity index (χ0v) is 6.56. The van der Waals surface area contributed by atoms with Crippen molar-refractivity contribution in [3.63, 3.8) is 0 Å². The van der Waals surface area contributed by atoms with E-state index < -0.39 is 12.1 Å². The Morgan fingerprint density at radius 3 is 2.46 bits per heavy atom. The lowest BCUT2D eigenvalue weighted by atomic mass is 10.2. The van der Waals surface area contributed by atoms with E-state index in [2.05, 4.69) is 4.74 Å². The molecule has 0 saturated heterocycles. The Kier molecular flexibility index (Phi) is 2.49. The summed E-state index contributed by atoms with van der Waals surface area (Å²) in [4.78, 5) is 20.9. The van der Waals surface area contributed by atoms with Crippen molar-refractivity contribution >= 4 is 12.1 Å². The summed E-state index contributed by atoms with van der Waals surface area (Å²) in [5.41, 5.74) is 4.64. The van der Waals surface area contributed by atoms with E-state index in [0.29, 0.717) is 0 Å². The number of carbonyl (C=O) groups excluding carboxylic acids is 1. The third-order valence-electron chi connectivity index (χ3n) is 1.33. The van der Waals surface area contributed by atoms with Crippen molar-refractivity contribution in [1.82, 2.24) is 0 Å².